The second kappa shape index (κ2) is 4.80. The van der Waals surface area contributed by atoms with Crippen molar-refractivity contribution in [3.8, 4) is 0 Å². The second-order valence-corrected chi connectivity index (χ2v) is 5.11. The van der Waals surface area contributed by atoms with Crippen LogP contribution in [0.3, 0.4) is 0 Å². The lowest BCUT2D eigenvalue weighted by molar-refractivity contribution is 0.0851. The van der Waals surface area contributed by atoms with Gasteiger partial charge in [-0.1, -0.05) is 48.6 Å². The zero-order valence-electron chi connectivity index (χ0n) is 11.3. The summed E-state index contributed by atoms with van der Waals surface area (Å²) in [6, 6.07) is 12.9. The quantitative estimate of drug-likeness (QED) is 0.832. The van der Waals surface area contributed by atoms with E-state index in [0.29, 0.717) is 13.2 Å². The van der Waals surface area contributed by atoms with Crippen LogP contribution in [0.4, 0.5) is 0 Å². The molecule has 0 aliphatic heterocycles. The van der Waals surface area contributed by atoms with Gasteiger partial charge in [-0.25, -0.2) is 0 Å². The van der Waals surface area contributed by atoms with Gasteiger partial charge in [-0.15, -0.1) is 0 Å². The van der Waals surface area contributed by atoms with E-state index in [4.69, 9.17) is 9.47 Å². The van der Waals surface area contributed by atoms with Gasteiger partial charge in [0.1, 0.15) is 0 Å². The maximum absolute atomic E-state index is 5.46. The van der Waals surface area contributed by atoms with Crippen LogP contribution in [-0.2, 0) is 14.9 Å². The number of fused-ring (bicyclic) bond motifs is 3. The van der Waals surface area contributed by atoms with E-state index in [1.807, 2.05) is 0 Å². The molecule has 0 spiro atoms. The minimum atomic E-state index is -0.167. The van der Waals surface area contributed by atoms with Crippen molar-refractivity contribution in [3.05, 3.63) is 53.6 Å². The first-order chi connectivity index (χ1) is 9.30. The lowest BCUT2D eigenvalue weighted by Crippen LogP contribution is -2.33. The third-order valence-electron chi connectivity index (χ3n) is 3.84. The molecule has 1 aliphatic rings. The molecular formula is C17H18O2. The molecule has 3 rings (SSSR count). The Morgan fingerprint density at radius 2 is 1.68 bits per heavy atom. The van der Waals surface area contributed by atoms with E-state index in [1.54, 1.807) is 14.2 Å². The van der Waals surface area contributed by atoms with Crippen LogP contribution in [0.5, 0.6) is 0 Å². The molecule has 0 fully saturated rings. The molecule has 19 heavy (non-hydrogen) atoms. The van der Waals surface area contributed by atoms with Gasteiger partial charge in [0.25, 0.3) is 0 Å². The lowest BCUT2D eigenvalue weighted by atomic mass is 9.81. The minimum absolute atomic E-state index is 0.167. The van der Waals surface area contributed by atoms with E-state index in [2.05, 4.69) is 48.6 Å². The average Bonchev–Trinajstić information content (AvgIpc) is 2.79. The SMILES string of the molecule is COCC1(COC)C=Cc2ccc3ccccc3c21. The fraction of sp³-hybridized carbons (Fsp3) is 0.294. The number of hydrogen-bond acceptors (Lipinski definition) is 2. The lowest BCUT2D eigenvalue weighted by Gasteiger charge is -2.29. The molecule has 1 aliphatic carbocycles. The molecule has 0 saturated carbocycles. The van der Waals surface area contributed by atoms with E-state index in [0.717, 1.165) is 0 Å². The molecule has 0 aromatic heterocycles. The summed E-state index contributed by atoms with van der Waals surface area (Å²) in [6.07, 6.45) is 4.40. The van der Waals surface area contributed by atoms with Gasteiger partial charge < -0.3 is 9.47 Å². The van der Waals surface area contributed by atoms with Crippen molar-refractivity contribution < 1.29 is 9.47 Å². The zero-order valence-corrected chi connectivity index (χ0v) is 11.3. The topological polar surface area (TPSA) is 18.5 Å². The largest absolute Gasteiger partial charge is 0.383 e. The summed E-state index contributed by atoms with van der Waals surface area (Å²) in [6.45, 7) is 1.27. The van der Waals surface area contributed by atoms with E-state index < -0.39 is 0 Å². The first-order valence-corrected chi connectivity index (χ1v) is 6.50. The average molecular weight is 254 g/mol. The van der Waals surface area contributed by atoms with Gasteiger partial charge in [-0.3, -0.25) is 0 Å². The van der Waals surface area contributed by atoms with Crippen LogP contribution in [0.25, 0.3) is 16.8 Å². The number of methoxy groups -OCH3 is 2. The Hall–Kier alpha value is -1.64. The number of hydrogen-bond donors (Lipinski definition) is 0. The van der Waals surface area contributed by atoms with Crippen LogP contribution in [0.2, 0.25) is 0 Å². The third-order valence-corrected chi connectivity index (χ3v) is 3.84. The molecule has 0 saturated heterocycles. The van der Waals surface area contributed by atoms with Gasteiger partial charge in [-0.2, -0.15) is 0 Å². The highest BCUT2D eigenvalue weighted by atomic mass is 16.5. The van der Waals surface area contributed by atoms with E-state index in [1.165, 1.54) is 21.9 Å². The molecule has 0 N–H and O–H groups in total. The van der Waals surface area contributed by atoms with Gasteiger partial charge in [0.05, 0.1) is 18.6 Å². The molecule has 98 valence electrons. The van der Waals surface area contributed by atoms with Crippen LogP contribution in [-0.4, -0.2) is 27.4 Å². The zero-order chi connectivity index (χ0) is 13.3. The number of benzene rings is 2. The second-order valence-electron chi connectivity index (χ2n) is 5.11. The Morgan fingerprint density at radius 3 is 2.42 bits per heavy atom. The fourth-order valence-electron chi connectivity index (χ4n) is 3.11. The number of rotatable bonds is 4. The van der Waals surface area contributed by atoms with Gasteiger partial charge in [-0.05, 0) is 21.9 Å². The molecule has 2 aromatic rings. The summed E-state index contributed by atoms with van der Waals surface area (Å²) < 4.78 is 10.9. The molecule has 0 heterocycles. The van der Waals surface area contributed by atoms with Crippen molar-refractivity contribution in [3.63, 3.8) is 0 Å². The maximum atomic E-state index is 5.46. The Labute approximate surface area is 113 Å². The molecular weight excluding hydrogens is 236 g/mol. The molecule has 2 aromatic carbocycles. The van der Waals surface area contributed by atoms with Crippen LogP contribution >= 0.6 is 0 Å². The van der Waals surface area contributed by atoms with Crippen LogP contribution in [0.15, 0.2) is 42.5 Å². The number of ether oxygens (including phenoxy) is 2. The van der Waals surface area contributed by atoms with Crippen molar-refractivity contribution in [2.75, 3.05) is 27.4 Å². The first kappa shape index (κ1) is 12.4. The predicted octanol–water partition coefficient (Wildman–Crippen LogP) is 3.40. The van der Waals surface area contributed by atoms with Crippen molar-refractivity contribution >= 4 is 16.8 Å². The summed E-state index contributed by atoms with van der Waals surface area (Å²) in [5.41, 5.74) is 2.43. The predicted molar refractivity (Wildman–Crippen MR) is 78.4 cm³/mol. The summed E-state index contributed by atoms with van der Waals surface area (Å²) in [5.74, 6) is 0. The standard InChI is InChI=1S/C17H18O2/c1-18-11-17(12-19-2)10-9-14-8-7-13-5-3-4-6-15(13)16(14)17/h3-10H,11-12H2,1-2H3. The van der Waals surface area contributed by atoms with Gasteiger partial charge in [0, 0.05) is 14.2 Å². The highest BCUT2D eigenvalue weighted by molar-refractivity contribution is 5.92. The molecule has 0 radical (unpaired) electrons. The van der Waals surface area contributed by atoms with Gasteiger partial charge in [0.2, 0.25) is 0 Å². The van der Waals surface area contributed by atoms with Crippen LogP contribution < -0.4 is 0 Å². The molecule has 0 unspecified atom stereocenters. The van der Waals surface area contributed by atoms with Crippen LogP contribution in [0.1, 0.15) is 11.1 Å². The minimum Gasteiger partial charge on any atom is -0.383 e. The highest BCUT2D eigenvalue weighted by Gasteiger charge is 2.36. The van der Waals surface area contributed by atoms with Crippen molar-refractivity contribution in [2.24, 2.45) is 0 Å². The third kappa shape index (κ3) is 1.88. The molecule has 2 nitrogen and oxygen atoms in total. The smallest absolute Gasteiger partial charge is 0.0616 e. The summed E-state index contributed by atoms with van der Waals surface area (Å²) in [4.78, 5) is 0. The Morgan fingerprint density at radius 1 is 0.947 bits per heavy atom. The van der Waals surface area contributed by atoms with Gasteiger partial charge in [0.15, 0.2) is 0 Å². The van der Waals surface area contributed by atoms with Crippen molar-refractivity contribution in [2.45, 2.75) is 5.41 Å². The Balaban J connectivity index is 2.25. The summed E-state index contributed by atoms with van der Waals surface area (Å²) >= 11 is 0. The van der Waals surface area contributed by atoms with E-state index in [-0.39, 0.29) is 5.41 Å². The molecule has 0 amide bonds. The normalized spacial score (nSPS) is 15.9. The van der Waals surface area contributed by atoms with Crippen molar-refractivity contribution in [1.29, 1.82) is 0 Å². The van der Waals surface area contributed by atoms with E-state index in [9.17, 15) is 0 Å². The first-order valence-electron chi connectivity index (χ1n) is 6.50. The molecule has 0 atom stereocenters. The monoisotopic (exact) mass is 254 g/mol. The van der Waals surface area contributed by atoms with Crippen LogP contribution in [0, 0.1) is 0 Å². The summed E-state index contributed by atoms with van der Waals surface area (Å²) in [7, 11) is 3.49. The molecule has 0 bridgehead atoms. The Bertz CT molecular complexity index is 622. The van der Waals surface area contributed by atoms with E-state index >= 15 is 0 Å². The highest BCUT2D eigenvalue weighted by Crippen LogP contribution is 2.41. The van der Waals surface area contributed by atoms with Gasteiger partial charge >= 0.3 is 0 Å². The fourth-order valence-corrected chi connectivity index (χ4v) is 3.11. The van der Waals surface area contributed by atoms with Crippen molar-refractivity contribution in [1.82, 2.24) is 0 Å². The Kier molecular flexibility index (Phi) is 3.13. The summed E-state index contributed by atoms with van der Waals surface area (Å²) in [5, 5.41) is 2.56. The maximum Gasteiger partial charge on any atom is 0.0616 e. The molecule has 2 heteroatoms.